The van der Waals surface area contributed by atoms with Crippen LogP contribution in [0.2, 0.25) is 0 Å². The molecule has 10 heteroatoms. The van der Waals surface area contributed by atoms with Crippen molar-refractivity contribution in [3.8, 4) is 17.2 Å². The number of ether oxygens (including phenoxy) is 3. The lowest BCUT2D eigenvalue weighted by Crippen LogP contribution is -2.56. The Kier molecular flexibility index (Phi) is 9.24. The largest absolute Gasteiger partial charge is 0.496 e. The van der Waals surface area contributed by atoms with Gasteiger partial charge in [0.05, 0.1) is 24.3 Å². The number of rotatable bonds is 10. The summed E-state index contributed by atoms with van der Waals surface area (Å²) in [6, 6.07) is 8.98. The van der Waals surface area contributed by atoms with Crippen molar-refractivity contribution in [1.82, 2.24) is 10.6 Å². The van der Waals surface area contributed by atoms with Crippen molar-refractivity contribution >= 4 is 18.9 Å². The van der Waals surface area contributed by atoms with Gasteiger partial charge < -0.3 is 34.2 Å². The van der Waals surface area contributed by atoms with E-state index in [1.165, 1.54) is 0 Å². The molecule has 2 aliphatic heterocycles. The lowest BCUT2D eigenvalue weighted by Gasteiger charge is -2.32. The molecule has 1 aliphatic carbocycles. The summed E-state index contributed by atoms with van der Waals surface area (Å²) in [7, 11) is 1.06. The molecule has 0 spiro atoms. The predicted molar refractivity (Wildman–Crippen MR) is 169 cm³/mol. The van der Waals surface area contributed by atoms with E-state index < -0.39 is 24.4 Å². The Morgan fingerprint density at radius 3 is 2.30 bits per heavy atom. The van der Waals surface area contributed by atoms with Gasteiger partial charge in [-0.25, -0.2) is 0 Å². The number of carbonyl (C=O) groups is 2. The first kappa shape index (κ1) is 32.2. The molecule has 3 atom stereocenters. The first-order valence-electron chi connectivity index (χ1n) is 15.8. The normalized spacial score (nSPS) is 21.0. The van der Waals surface area contributed by atoms with Gasteiger partial charge in [-0.05, 0) is 71.8 Å². The highest BCUT2D eigenvalue weighted by atomic mass is 16.7. The number of fused-ring (bicyclic) bond motifs is 3. The Morgan fingerprint density at radius 1 is 1.00 bits per heavy atom. The molecule has 238 valence electrons. The van der Waals surface area contributed by atoms with E-state index in [4.69, 9.17) is 23.5 Å². The van der Waals surface area contributed by atoms with Gasteiger partial charge in [-0.1, -0.05) is 44.2 Å². The highest BCUT2D eigenvalue weighted by molar-refractivity contribution is 6.48. The molecule has 9 nitrogen and oxygen atoms in total. The maximum Gasteiger partial charge on any atom is 0.481 e. The summed E-state index contributed by atoms with van der Waals surface area (Å²) in [5.41, 5.74) is 2.84. The minimum atomic E-state index is -0.777. The van der Waals surface area contributed by atoms with Crippen LogP contribution in [0.3, 0.4) is 0 Å². The van der Waals surface area contributed by atoms with Gasteiger partial charge in [0, 0.05) is 29.0 Å². The third kappa shape index (κ3) is 6.42. The highest BCUT2D eigenvalue weighted by Gasteiger charge is 2.54. The molecule has 3 aliphatic rings. The van der Waals surface area contributed by atoms with Gasteiger partial charge in [0.1, 0.15) is 11.8 Å². The van der Waals surface area contributed by atoms with Gasteiger partial charge in [0.2, 0.25) is 18.6 Å². The maximum absolute atomic E-state index is 14.0. The molecular formula is C34H47BN2O7. The van der Waals surface area contributed by atoms with Crippen molar-refractivity contribution in [2.75, 3.05) is 13.9 Å². The molecule has 5 rings (SSSR count). The number of benzene rings is 2. The molecular weight excluding hydrogens is 559 g/mol. The number of carbonyl (C=O) groups excluding carboxylic acids is 2. The Labute approximate surface area is 261 Å². The third-order valence-electron chi connectivity index (χ3n) is 9.54. The molecule has 1 saturated heterocycles. The molecule has 1 fully saturated rings. The Hall–Kier alpha value is -3.24. The van der Waals surface area contributed by atoms with Gasteiger partial charge in [0.15, 0.2) is 11.5 Å². The van der Waals surface area contributed by atoms with Crippen molar-refractivity contribution < 1.29 is 33.1 Å². The van der Waals surface area contributed by atoms with Crippen LogP contribution in [0.25, 0.3) is 0 Å². The molecule has 2 aromatic carbocycles. The van der Waals surface area contributed by atoms with Crippen molar-refractivity contribution in [3.63, 3.8) is 0 Å². The quantitative estimate of drug-likeness (QED) is 0.377. The zero-order chi connectivity index (χ0) is 31.8. The molecule has 0 bridgehead atoms. The standard InChI is InChI=1S/C34H47BN2O7/c1-20(2)16-27(35-43-33(4,5)34(6,7)44-35)37-32(39)26(17-22-12-10-9-11-13-22)36-31(38)23-14-15-24-25(18-23)30-29(41-19-42-30)21(3)28(24)40-8/h9-13,20,23,26-27H,14-19H2,1-8H3,(H,36,38)(H,37,39)/t23?,26-,27-/m0/s1. The van der Waals surface area contributed by atoms with Crippen LogP contribution in [0.1, 0.15) is 76.6 Å². The number of hydrogen-bond acceptors (Lipinski definition) is 7. The summed E-state index contributed by atoms with van der Waals surface area (Å²) < 4.78 is 30.0. The molecule has 2 N–H and O–H groups in total. The van der Waals surface area contributed by atoms with Crippen molar-refractivity contribution in [1.29, 1.82) is 0 Å². The van der Waals surface area contributed by atoms with Crippen LogP contribution in [0.5, 0.6) is 17.2 Å². The van der Waals surface area contributed by atoms with Crippen LogP contribution < -0.4 is 24.8 Å². The maximum atomic E-state index is 14.0. The van der Waals surface area contributed by atoms with E-state index in [2.05, 4.69) is 24.5 Å². The monoisotopic (exact) mass is 606 g/mol. The zero-order valence-corrected chi connectivity index (χ0v) is 27.4. The molecule has 1 unspecified atom stereocenters. The molecule has 44 heavy (non-hydrogen) atoms. The topological polar surface area (TPSA) is 104 Å². The van der Waals surface area contributed by atoms with Crippen molar-refractivity contribution in [2.45, 2.75) is 104 Å². The summed E-state index contributed by atoms with van der Waals surface area (Å²) in [6.07, 6.45) is 2.81. The molecule has 0 saturated carbocycles. The molecule has 2 heterocycles. The smallest absolute Gasteiger partial charge is 0.481 e. The van der Waals surface area contributed by atoms with Crippen LogP contribution in [0.15, 0.2) is 30.3 Å². The number of amides is 2. The van der Waals surface area contributed by atoms with Gasteiger partial charge >= 0.3 is 7.12 Å². The summed E-state index contributed by atoms with van der Waals surface area (Å²) >= 11 is 0. The third-order valence-corrected chi connectivity index (χ3v) is 9.54. The first-order chi connectivity index (χ1) is 20.8. The van der Waals surface area contributed by atoms with Crippen molar-refractivity contribution in [2.24, 2.45) is 11.8 Å². The average molecular weight is 607 g/mol. The minimum Gasteiger partial charge on any atom is -0.496 e. The van der Waals surface area contributed by atoms with Crippen LogP contribution >= 0.6 is 0 Å². The first-order valence-corrected chi connectivity index (χ1v) is 15.8. The Balaban J connectivity index is 1.36. The van der Waals surface area contributed by atoms with Gasteiger partial charge in [-0.15, -0.1) is 0 Å². The van der Waals surface area contributed by atoms with Crippen LogP contribution in [-0.4, -0.2) is 56.0 Å². The molecule has 2 amide bonds. The fourth-order valence-electron chi connectivity index (χ4n) is 6.46. The molecule has 0 aromatic heterocycles. The summed E-state index contributed by atoms with van der Waals surface area (Å²) in [6.45, 7) is 14.3. The zero-order valence-electron chi connectivity index (χ0n) is 27.4. The van der Waals surface area contributed by atoms with E-state index in [1.807, 2.05) is 65.0 Å². The van der Waals surface area contributed by atoms with Crippen LogP contribution in [0, 0.1) is 18.8 Å². The molecule has 0 radical (unpaired) electrons. The fourth-order valence-corrected chi connectivity index (χ4v) is 6.46. The summed E-state index contributed by atoms with van der Waals surface area (Å²) in [4.78, 5) is 27.9. The molecule has 2 aromatic rings. The van der Waals surface area contributed by atoms with E-state index in [-0.39, 0.29) is 36.4 Å². The SMILES string of the molecule is COc1c(C)c2c(c3c1CCC(C(=O)N[C@@H](Cc1ccccc1)C(=O)N[C@@H](CC(C)C)B1OC(C)(C)C(C)(C)O1)C3)OCO2. The van der Waals surface area contributed by atoms with E-state index >= 15 is 0 Å². The Bertz CT molecular complexity index is 1360. The van der Waals surface area contributed by atoms with Gasteiger partial charge in [-0.3, -0.25) is 9.59 Å². The lowest BCUT2D eigenvalue weighted by molar-refractivity contribution is -0.131. The Morgan fingerprint density at radius 2 is 1.66 bits per heavy atom. The number of methoxy groups -OCH3 is 1. The van der Waals surface area contributed by atoms with E-state index in [1.54, 1.807) is 7.11 Å². The number of nitrogens with one attached hydrogen (secondary N) is 2. The second-order valence-corrected chi connectivity index (χ2v) is 13.7. The van der Waals surface area contributed by atoms with Crippen LogP contribution in [0.4, 0.5) is 0 Å². The van der Waals surface area contributed by atoms with Crippen molar-refractivity contribution in [3.05, 3.63) is 52.6 Å². The fraction of sp³-hybridized carbons (Fsp3) is 0.588. The summed E-state index contributed by atoms with van der Waals surface area (Å²) in [5.74, 6) is 1.35. The predicted octanol–water partition coefficient (Wildman–Crippen LogP) is 4.73. The summed E-state index contributed by atoms with van der Waals surface area (Å²) in [5, 5.41) is 6.33. The van der Waals surface area contributed by atoms with Crippen LogP contribution in [-0.2, 0) is 38.2 Å². The second kappa shape index (κ2) is 12.6. The lowest BCUT2D eigenvalue weighted by atomic mass is 9.73. The highest BCUT2D eigenvalue weighted by Crippen LogP contribution is 2.49. The van der Waals surface area contributed by atoms with E-state index in [0.29, 0.717) is 43.6 Å². The second-order valence-electron chi connectivity index (χ2n) is 13.7. The number of hydrogen-bond donors (Lipinski definition) is 2. The van der Waals surface area contributed by atoms with Gasteiger partial charge in [0.25, 0.3) is 0 Å². The average Bonchev–Trinajstić information content (AvgIpc) is 3.55. The van der Waals surface area contributed by atoms with E-state index in [0.717, 1.165) is 28.0 Å². The van der Waals surface area contributed by atoms with Gasteiger partial charge in [-0.2, -0.15) is 0 Å². The minimum absolute atomic E-state index is 0.145. The van der Waals surface area contributed by atoms with E-state index in [9.17, 15) is 9.59 Å².